The molecule has 2 N–H and O–H groups in total. The van der Waals surface area contributed by atoms with Gasteiger partial charge < -0.3 is 5.73 Å². The molecule has 2 rings (SSSR count). The van der Waals surface area contributed by atoms with Crippen LogP contribution in [0.5, 0.6) is 0 Å². The van der Waals surface area contributed by atoms with Gasteiger partial charge in [-0.2, -0.15) is 13.2 Å². The first-order chi connectivity index (χ1) is 9.41. The smallest absolute Gasteiger partial charge is 0.321 e. The van der Waals surface area contributed by atoms with E-state index in [0.717, 1.165) is 28.8 Å². The fourth-order valence-corrected chi connectivity index (χ4v) is 1.89. The van der Waals surface area contributed by atoms with Gasteiger partial charge in [-0.15, -0.1) is 6.58 Å². The maximum absolute atomic E-state index is 12.5. The molecular weight excluding hydrogens is 263 g/mol. The first-order valence-corrected chi connectivity index (χ1v) is 6.07. The Labute approximate surface area is 115 Å². The van der Waals surface area contributed by atoms with Crippen molar-refractivity contribution in [3.05, 3.63) is 72.3 Å². The second kappa shape index (κ2) is 5.51. The molecule has 2 aromatic rings. The monoisotopic (exact) mass is 277 g/mol. The molecule has 0 spiro atoms. The van der Waals surface area contributed by atoms with Gasteiger partial charge in [0, 0.05) is 6.04 Å². The Morgan fingerprint density at radius 1 is 0.900 bits per heavy atom. The maximum atomic E-state index is 12.5. The molecular formula is C16H14F3N. The summed E-state index contributed by atoms with van der Waals surface area (Å²) in [6, 6.07) is 12.2. The van der Waals surface area contributed by atoms with E-state index in [4.69, 9.17) is 5.73 Å². The van der Waals surface area contributed by atoms with E-state index < -0.39 is 11.7 Å². The molecule has 0 radical (unpaired) electrons. The topological polar surface area (TPSA) is 26.0 Å². The van der Waals surface area contributed by atoms with Crippen LogP contribution < -0.4 is 5.73 Å². The standard InChI is InChI=1S/C16H14F3N/c1-2-15(20)13-5-3-11(4-6-13)12-7-9-14(10-8-12)16(17,18)19/h2-10,15H,1,20H2/t15-/m1/s1. The molecule has 1 nitrogen and oxygen atoms in total. The van der Waals surface area contributed by atoms with Crippen LogP contribution in [0.2, 0.25) is 0 Å². The zero-order chi connectivity index (χ0) is 14.8. The van der Waals surface area contributed by atoms with Gasteiger partial charge in [-0.3, -0.25) is 0 Å². The van der Waals surface area contributed by atoms with Crippen molar-refractivity contribution in [1.29, 1.82) is 0 Å². The van der Waals surface area contributed by atoms with E-state index in [1.165, 1.54) is 12.1 Å². The van der Waals surface area contributed by atoms with Crippen molar-refractivity contribution < 1.29 is 13.2 Å². The normalized spacial score (nSPS) is 13.0. The Morgan fingerprint density at radius 3 is 1.75 bits per heavy atom. The summed E-state index contributed by atoms with van der Waals surface area (Å²) in [5, 5.41) is 0. The lowest BCUT2D eigenvalue weighted by atomic mass is 10.00. The molecule has 1 atom stereocenters. The van der Waals surface area contributed by atoms with Crippen molar-refractivity contribution in [1.82, 2.24) is 0 Å². The summed E-state index contributed by atoms with van der Waals surface area (Å²) in [7, 11) is 0. The van der Waals surface area contributed by atoms with Crippen molar-refractivity contribution in [2.75, 3.05) is 0 Å². The molecule has 0 saturated carbocycles. The highest BCUT2D eigenvalue weighted by Gasteiger charge is 2.29. The second-order valence-corrected chi connectivity index (χ2v) is 4.46. The molecule has 0 bridgehead atoms. The van der Waals surface area contributed by atoms with Crippen LogP contribution in [0.1, 0.15) is 17.2 Å². The van der Waals surface area contributed by atoms with Crippen LogP contribution in [0.4, 0.5) is 13.2 Å². The summed E-state index contributed by atoms with van der Waals surface area (Å²) < 4.78 is 37.4. The molecule has 0 fully saturated rings. The first kappa shape index (κ1) is 14.3. The third-order valence-electron chi connectivity index (χ3n) is 3.10. The molecule has 0 heterocycles. The molecule has 104 valence electrons. The van der Waals surface area contributed by atoms with Crippen LogP contribution in [0.25, 0.3) is 11.1 Å². The predicted octanol–water partition coefficient (Wildman–Crippen LogP) is 4.56. The van der Waals surface area contributed by atoms with Crippen LogP contribution in [0, 0.1) is 0 Å². The fourth-order valence-electron chi connectivity index (χ4n) is 1.89. The van der Waals surface area contributed by atoms with Crippen LogP contribution in [0.15, 0.2) is 61.2 Å². The summed E-state index contributed by atoms with van der Waals surface area (Å²) >= 11 is 0. The minimum atomic E-state index is -4.31. The van der Waals surface area contributed by atoms with Gasteiger partial charge in [0.2, 0.25) is 0 Å². The molecule has 0 aliphatic heterocycles. The van der Waals surface area contributed by atoms with Crippen molar-refractivity contribution >= 4 is 0 Å². The lowest BCUT2D eigenvalue weighted by Gasteiger charge is -2.10. The Kier molecular flexibility index (Phi) is 3.95. The first-order valence-electron chi connectivity index (χ1n) is 6.07. The van der Waals surface area contributed by atoms with Gasteiger partial charge in [-0.25, -0.2) is 0 Å². The fraction of sp³-hybridized carbons (Fsp3) is 0.125. The summed E-state index contributed by atoms with van der Waals surface area (Å²) in [6.07, 6.45) is -2.67. The van der Waals surface area contributed by atoms with Gasteiger partial charge in [0.25, 0.3) is 0 Å². The zero-order valence-corrected chi connectivity index (χ0v) is 10.7. The Hall–Kier alpha value is -2.07. The van der Waals surface area contributed by atoms with Gasteiger partial charge in [0.05, 0.1) is 5.56 Å². The van der Waals surface area contributed by atoms with Gasteiger partial charge in [-0.05, 0) is 28.8 Å². The average Bonchev–Trinajstić information content (AvgIpc) is 2.46. The van der Waals surface area contributed by atoms with E-state index in [0.29, 0.717) is 0 Å². The van der Waals surface area contributed by atoms with E-state index in [1.54, 1.807) is 6.08 Å². The molecule has 0 aliphatic rings. The SMILES string of the molecule is C=C[C@@H](N)c1ccc(-c2ccc(C(F)(F)F)cc2)cc1. The number of rotatable bonds is 3. The minimum absolute atomic E-state index is 0.239. The van der Waals surface area contributed by atoms with Crippen LogP contribution in [-0.4, -0.2) is 0 Å². The van der Waals surface area contributed by atoms with E-state index in [9.17, 15) is 13.2 Å². The Balaban J connectivity index is 2.26. The number of hydrogen-bond acceptors (Lipinski definition) is 1. The molecule has 20 heavy (non-hydrogen) atoms. The van der Waals surface area contributed by atoms with Crippen molar-refractivity contribution in [3.63, 3.8) is 0 Å². The van der Waals surface area contributed by atoms with Gasteiger partial charge >= 0.3 is 6.18 Å². The van der Waals surface area contributed by atoms with Crippen LogP contribution in [-0.2, 0) is 6.18 Å². The zero-order valence-electron chi connectivity index (χ0n) is 10.7. The largest absolute Gasteiger partial charge is 0.416 e. The number of hydrogen-bond donors (Lipinski definition) is 1. The lowest BCUT2D eigenvalue weighted by molar-refractivity contribution is -0.137. The summed E-state index contributed by atoms with van der Waals surface area (Å²) in [5.74, 6) is 0. The van der Waals surface area contributed by atoms with E-state index >= 15 is 0 Å². The number of nitrogens with two attached hydrogens (primary N) is 1. The van der Waals surface area contributed by atoms with Crippen molar-refractivity contribution in [3.8, 4) is 11.1 Å². The maximum Gasteiger partial charge on any atom is 0.416 e. The Bertz CT molecular complexity index is 583. The highest BCUT2D eigenvalue weighted by Crippen LogP contribution is 2.31. The third kappa shape index (κ3) is 3.08. The van der Waals surface area contributed by atoms with E-state index in [1.807, 2.05) is 24.3 Å². The molecule has 2 aromatic carbocycles. The molecule has 0 unspecified atom stereocenters. The highest BCUT2D eigenvalue weighted by atomic mass is 19.4. The van der Waals surface area contributed by atoms with Gasteiger partial charge in [-0.1, -0.05) is 42.5 Å². The molecule has 0 aliphatic carbocycles. The average molecular weight is 277 g/mol. The number of halogens is 3. The van der Waals surface area contributed by atoms with Crippen LogP contribution in [0.3, 0.4) is 0 Å². The molecule has 0 saturated heterocycles. The van der Waals surface area contributed by atoms with Gasteiger partial charge in [0.1, 0.15) is 0 Å². The summed E-state index contributed by atoms with van der Waals surface area (Å²) in [6.45, 7) is 3.62. The predicted molar refractivity (Wildman–Crippen MR) is 74.0 cm³/mol. The van der Waals surface area contributed by atoms with Crippen LogP contribution >= 0.6 is 0 Å². The lowest BCUT2D eigenvalue weighted by Crippen LogP contribution is -2.06. The second-order valence-electron chi connectivity index (χ2n) is 4.46. The third-order valence-corrected chi connectivity index (χ3v) is 3.10. The van der Waals surface area contributed by atoms with Crippen molar-refractivity contribution in [2.24, 2.45) is 5.73 Å². The number of alkyl halides is 3. The van der Waals surface area contributed by atoms with Gasteiger partial charge in [0.15, 0.2) is 0 Å². The Morgan fingerprint density at radius 2 is 1.35 bits per heavy atom. The summed E-state index contributed by atoms with van der Waals surface area (Å²) in [4.78, 5) is 0. The molecule has 0 aromatic heterocycles. The highest BCUT2D eigenvalue weighted by molar-refractivity contribution is 5.64. The minimum Gasteiger partial charge on any atom is -0.321 e. The molecule has 0 amide bonds. The van der Waals surface area contributed by atoms with Crippen molar-refractivity contribution in [2.45, 2.75) is 12.2 Å². The summed E-state index contributed by atoms with van der Waals surface area (Å²) in [5.41, 5.74) is 7.65. The van der Waals surface area contributed by atoms with E-state index in [2.05, 4.69) is 6.58 Å². The van der Waals surface area contributed by atoms with E-state index in [-0.39, 0.29) is 6.04 Å². The quantitative estimate of drug-likeness (QED) is 0.818. The molecule has 4 heteroatoms. The number of benzene rings is 2.